The summed E-state index contributed by atoms with van der Waals surface area (Å²) in [5.41, 5.74) is 5.59. The number of nitrogens with zero attached hydrogens (tertiary/aromatic N) is 1. The highest BCUT2D eigenvalue weighted by Gasteiger charge is 2.31. The second-order valence-electron chi connectivity index (χ2n) is 4.72. The molecule has 0 aromatic carbocycles. The van der Waals surface area contributed by atoms with Crippen molar-refractivity contribution in [1.82, 2.24) is 4.90 Å². The molecule has 2 N–H and O–H groups in total. The Labute approximate surface area is 109 Å². The quantitative estimate of drug-likeness (QED) is 0.738. The van der Waals surface area contributed by atoms with Gasteiger partial charge in [-0.2, -0.15) is 0 Å². The van der Waals surface area contributed by atoms with Crippen LogP contribution in [-0.4, -0.2) is 43.0 Å². The lowest BCUT2D eigenvalue weighted by Gasteiger charge is -2.33. The number of nitrogens with two attached hydrogens (primary N) is 1. The normalized spacial score (nSPS) is 21.5. The summed E-state index contributed by atoms with van der Waals surface area (Å²) in [7, 11) is 0. The van der Waals surface area contributed by atoms with Gasteiger partial charge in [-0.25, -0.2) is 0 Å². The SMILES string of the molecule is CCOC(=O)C1CCCN(C(=O)C(CC)CN)C1. The van der Waals surface area contributed by atoms with E-state index in [4.69, 9.17) is 10.5 Å². The first-order chi connectivity index (χ1) is 8.63. The minimum atomic E-state index is -0.184. The van der Waals surface area contributed by atoms with E-state index < -0.39 is 0 Å². The van der Waals surface area contributed by atoms with Gasteiger partial charge >= 0.3 is 5.97 Å². The van der Waals surface area contributed by atoms with Crippen molar-refractivity contribution in [3.63, 3.8) is 0 Å². The fourth-order valence-electron chi connectivity index (χ4n) is 2.33. The van der Waals surface area contributed by atoms with Crippen LogP contribution in [0.15, 0.2) is 0 Å². The van der Waals surface area contributed by atoms with Crippen LogP contribution >= 0.6 is 0 Å². The molecule has 0 aromatic heterocycles. The van der Waals surface area contributed by atoms with E-state index in [-0.39, 0.29) is 23.7 Å². The molecule has 0 aliphatic carbocycles. The summed E-state index contributed by atoms with van der Waals surface area (Å²) in [5, 5.41) is 0. The Balaban J connectivity index is 2.57. The van der Waals surface area contributed by atoms with E-state index >= 15 is 0 Å². The Morgan fingerprint density at radius 3 is 2.72 bits per heavy atom. The Morgan fingerprint density at radius 2 is 2.17 bits per heavy atom. The van der Waals surface area contributed by atoms with E-state index in [0.29, 0.717) is 19.7 Å². The van der Waals surface area contributed by atoms with Crippen LogP contribution in [0.1, 0.15) is 33.1 Å². The van der Waals surface area contributed by atoms with Crippen molar-refractivity contribution in [3.8, 4) is 0 Å². The van der Waals surface area contributed by atoms with Gasteiger partial charge in [0.05, 0.1) is 18.4 Å². The Bertz CT molecular complexity index is 290. The third-order valence-electron chi connectivity index (χ3n) is 3.48. The van der Waals surface area contributed by atoms with Crippen LogP contribution in [0.25, 0.3) is 0 Å². The van der Waals surface area contributed by atoms with Gasteiger partial charge in [0.25, 0.3) is 0 Å². The summed E-state index contributed by atoms with van der Waals surface area (Å²) in [6.45, 7) is 5.73. The molecule has 0 spiro atoms. The molecule has 0 bridgehead atoms. The number of ether oxygens (including phenoxy) is 1. The molecule has 0 radical (unpaired) electrons. The highest BCUT2D eigenvalue weighted by Crippen LogP contribution is 2.20. The largest absolute Gasteiger partial charge is 0.466 e. The van der Waals surface area contributed by atoms with E-state index in [0.717, 1.165) is 25.8 Å². The number of carbonyl (C=O) groups is 2. The maximum Gasteiger partial charge on any atom is 0.310 e. The molecule has 0 aromatic rings. The second-order valence-corrected chi connectivity index (χ2v) is 4.72. The van der Waals surface area contributed by atoms with Crippen LogP contribution in [0.2, 0.25) is 0 Å². The van der Waals surface area contributed by atoms with Gasteiger partial charge in [-0.3, -0.25) is 9.59 Å². The first-order valence-electron chi connectivity index (χ1n) is 6.79. The minimum absolute atomic E-state index is 0.0778. The minimum Gasteiger partial charge on any atom is -0.466 e. The molecule has 1 aliphatic heterocycles. The molecular formula is C13H24N2O3. The molecule has 1 heterocycles. The molecule has 5 heteroatoms. The summed E-state index contributed by atoms with van der Waals surface area (Å²) in [4.78, 5) is 25.6. The Hall–Kier alpha value is -1.10. The van der Waals surface area contributed by atoms with Gasteiger partial charge in [0, 0.05) is 19.6 Å². The molecule has 1 fully saturated rings. The molecule has 0 saturated carbocycles. The zero-order valence-electron chi connectivity index (χ0n) is 11.4. The molecule has 1 rings (SSSR count). The lowest BCUT2D eigenvalue weighted by Crippen LogP contribution is -2.46. The molecule has 2 unspecified atom stereocenters. The van der Waals surface area contributed by atoms with E-state index in [2.05, 4.69) is 0 Å². The topological polar surface area (TPSA) is 72.6 Å². The Morgan fingerprint density at radius 1 is 1.44 bits per heavy atom. The molecule has 104 valence electrons. The number of rotatable bonds is 5. The van der Waals surface area contributed by atoms with E-state index in [1.165, 1.54) is 0 Å². The Kier molecular flexibility index (Phi) is 6.12. The van der Waals surface area contributed by atoms with Gasteiger partial charge in [0.1, 0.15) is 0 Å². The summed E-state index contributed by atoms with van der Waals surface area (Å²) in [5.74, 6) is -0.395. The highest BCUT2D eigenvalue weighted by molar-refractivity contribution is 5.80. The van der Waals surface area contributed by atoms with Crippen molar-refractivity contribution in [3.05, 3.63) is 0 Å². The van der Waals surface area contributed by atoms with Crippen molar-refractivity contribution in [2.24, 2.45) is 17.6 Å². The van der Waals surface area contributed by atoms with Crippen LogP contribution in [0.3, 0.4) is 0 Å². The third kappa shape index (κ3) is 3.70. The lowest BCUT2D eigenvalue weighted by molar-refractivity contribution is -0.151. The molecule has 1 amide bonds. The van der Waals surface area contributed by atoms with E-state index in [1.807, 2.05) is 6.92 Å². The van der Waals surface area contributed by atoms with Crippen molar-refractivity contribution >= 4 is 11.9 Å². The summed E-state index contributed by atoms with van der Waals surface area (Å²) in [6.07, 6.45) is 2.41. The van der Waals surface area contributed by atoms with E-state index in [1.54, 1.807) is 11.8 Å². The third-order valence-corrected chi connectivity index (χ3v) is 3.48. The van der Waals surface area contributed by atoms with Crippen molar-refractivity contribution in [1.29, 1.82) is 0 Å². The van der Waals surface area contributed by atoms with Crippen LogP contribution in [0.5, 0.6) is 0 Å². The predicted octanol–water partition coefficient (Wildman–Crippen LogP) is 0.773. The zero-order valence-corrected chi connectivity index (χ0v) is 11.4. The average molecular weight is 256 g/mol. The number of amides is 1. The predicted molar refractivity (Wildman–Crippen MR) is 68.8 cm³/mol. The average Bonchev–Trinajstić information content (AvgIpc) is 2.40. The van der Waals surface area contributed by atoms with Crippen LogP contribution in [-0.2, 0) is 14.3 Å². The van der Waals surface area contributed by atoms with Crippen molar-refractivity contribution in [2.45, 2.75) is 33.1 Å². The number of hydrogen-bond acceptors (Lipinski definition) is 4. The summed E-state index contributed by atoms with van der Waals surface area (Å²) < 4.78 is 5.02. The molecule has 1 aliphatic rings. The summed E-state index contributed by atoms with van der Waals surface area (Å²) >= 11 is 0. The van der Waals surface area contributed by atoms with Crippen LogP contribution in [0, 0.1) is 11.8 Å². The zero-order chi connectivity index (χ0) is 13.5. The van der Waals surface area contributed by atoms with Gasteiger partial charge in [-0.15, -0.1) is 0 Å². The molecular weight excluding hydrogens is 232 g/mol. The van der Waals surface area contributed by atoms with Crippen LogP contribution in [0.4, 0.5) is 0 Å². The monoisotopic (exact) mass is 256 g/mol. The van der Waals surface area contributed by atoms with Crippen molar-refractivity contribution in [2.75, 3.05) is 26.2 Å². The van der Waals surface area contributed by atoms with E-state index in [9.17, 15) is 9.59 Å². The van der Waals surface area contributed by atoms with Gasteiger partial charge in [0.2, 0.25) is 5.91 Å². The van der Waals surface area contributed by atoms with Crippen LogP contribution < -0.4 is 5.73 Å². The first-order valence-corrected chi connectivity index (χ1v) is 6.79. The number of carbonyl (C=O) groups excluding carboxylic acids is 2. The van der Waals surface area contributed by atoms with Gasteiger partial charge in [-0.05, 0) is 26.2 Å². The van der Waals surface area contributed by atoms with Gasteiger partial charge < -0.3 is 15.4 Å². The highest BCUT2D eigenvalue weighted by atomic mass is 16.5. The molecule has 1 saturated heterocycles. The van der Waals surface area contributed by atoms with Gasteiger partial charge in [0.15, 0.2) is 0 Å². The first kappa shape index (κ1) is 15.0. The standard InChI is InChI=1S/C13H24N2O3/c1-3-10(8-14)12(16)15-7-5-6-11(9-15)13(17)18-4-2/h10-11H,3-9,14H2,1-2H3. The maximum atomic E-state index is 12.2. The summed E-state index contributed by atoms with van der Waals surface area (Å²) in [6, 6.07) is 0. The maximum absolute atomic E-state index is 12.2. The fraction of sp³-hybridized carbons (Fsp3) is 0.846. The number of esters is 1. The fourth-order valence-corrected chi connectivity index (χ4v) is 2.33. The lowest BCUT2D eigenvalue weighted by atomic mass is 9.96. The van der Waals surface area contributed by atoms with Crippen molar-refractivity contribution < 1.29 is 14.3 Å². The molecule has 2 atom stereocenters. The molecule has 5 nitrogen and oxygen atoms in total. The second kappa shape index (κ2) is 7.36. The number of likely N-dealkylation sites (tertiary alicyclic amines) is 1. The number of hydrogen-bond donors (Lipinski definition) is 1. The molecule has 18 heavy (non-hydrogen) atoms. The van der Waals surface area contributed by atoms with Gasteiger partial charge in [-0.1, -0.05) is 6.92 Å². The smallest absolute Gasteiger partial charge is 0.310 e. The number of piperidine rings is 1.